The summed E-state index contributed by atoms with van der Waals surface area (Å²) in [7, 11) is -2.04. The first-order valence-corrected chi connectivity index (χ1v) is 20.5. The highest BCUT2D eigenvalue weighted by atomic mass is 32.2. The topological polar surface area (TPSA) is 161 Å². The molecule has 2 aliphatic heterocycles. The second kappa shape index (κ2) is 14.4. The van der Waals surface area contributed by atoms with Gasteiger partial charge in [0.15, 0.2) is 5.78 Å². The second-order valence-corrected chi connectivity index (χ2v) is 19.7. The normalized spacial score (nSPS) is 28.6. The molecule has 1 aromatic heterocycles. The van der Waals surface area contributed by atoms with Gasteiger partial charge in [-0.3, -0.25) is 28.7 Å². The predicted molar refractivity (Wildman–Crippen MR) is 205 cm³/mol. The van der Waals surface area contributed by atoms with E-state index in [9.17, 15) is 32.4 Å². The molecule has 292 valence electrons. The molecule has 4 aliphatic rings. The molecule has 2 N–H and O–H groups in total. The van der Waals surface area contributed by atoms with Crippen molar-refractivity contribution < 1.29 is 37.1 Å². The van der Waals surface area contributed by atoms with Crippen LogP contribution in [0.1, 0.15) is 102 Å². The minimum Gasteiger partial charge on any atom is -0.465 e. The highest BCUT2D eigenvalue weighted by Gasteiger charge is 2.61. The summed E-state index contributed by atoms with van der Waals surface area (Å²) in [5, 5.41) is 3.35. The molecule has 4 bridgehead atoms. The van der Waals surface area contributed by atoms with Gasteiger partial charge in [0.1, 0.15) is 5.69 Å². The SMILES string of the molecule is C=C[C@@H]1C[C@]1(CC(=O)[C@@H]1C[C@@H]2CN1C(=O)[C@H](C(C)(C)C)CC(=O)OCC(C)(C)CC/C=C/c1cccc3c1cc(n3C)C(=O)N2)C(=O)NS(=O)(=O)C1CC1. The van der Waals surface area contributed by atoms with Gasteiger partial charge >= 0.3 is 5.97 Å². The Bertz CT molecular complexity index is 2020. The van der Waals surface area contributed by atoms with E-state index in [1.54, 1.807) is 6.08 Å². The van der Waals surface area contributed by atoms with E-state index in [2.05, 4.69) is 22.7 Å². The summed E-state index contributed by atoms with van der Waals surface area (Å²) in [6, 6.07) is 6.08. The molecule has 6 rings (SSSR count). The summed E-state index contributed by atoms with van der Waals surface area (Å²) in [5.41, 5.74) is -0.0973. The van der Waals surface area contributed by atoms with Gasteiger partial charge in [0.2, 0.25) is 21.8 Å². The van der Waals surface area contributed by atoms with Gasteiger partial charge in [-0.15, -0.1) is 6.58 Å². The number of carbonyl (C=O) groups excluding carboxylic acids is 5. The standard InChI is InChI=1S/C41H54N4O8S/c1-8-26-21-41(26,38(50)43-54(51,52)28-15-16-28)22-34(46)32-18-27-23-45(32)37(49)30(39(2,3)4)20-35(47)53-24-40(5,6)17-10-9-12-25-13-11-14-31-29(25)19-33(44(31)7)36(48)42-27/h8-9,11-14,19,26-28,30,32H,1,10,15-18,20-24H2,2-7H3,(H,42,48)(H,43,50)/b12-9+/t26-,27-,30-,32+,41-/m1/s1. The highest BCUT2D eigenvalue weighted by Crippen LogP contribution is 2.57. The minimum absolute atomic E-state index is 0.00765. The van der Waals surface area contributed by atoms with Crippen LogP contribution in [0.3, 0.4) is 0 Å². The Kier molecular flexibility index (Phi) is 10.5. The molecule has 1 saturated heterocycles. The number of benzene rings is 1. The van der Waals surface area contributed by atoms with Crippen LogP contribution in [0.15, 0.2) is 43.0 Å². The van der Waals surface area contributed by atoms with E-state index in [4.69, 9.17) is 4.74 Å². The van der Waals surface area contributed by atoms with Crippen LogP contribution in [-0.4, -0.2) is 77.8 Å². The summed E-state index contributed by atoms with van der Waals surface area (Å²) < 4.78 is 35.3. The zero-order valence-corrected chi connectivity index (χ0v) is 33.1. The average molecular weight is 763 g/mol. The molecule has 0 spiro atoms. The van der Waals surface area contributed by atoms with E-state index < -0.39 is 73.6 Å². The van der Waals surface area contributed by atoms with E-state index >= 15 is 0 Å². The zero-order chi connectivity index (χ0) is 39.4. The van der Waals surface area contributed by atoms with Gasteiger partial charge in [-0.25, -0.2) is 8.42 Å². The number of rotatable bonds is 7. The maximum atomic E-state index is 14.6. The lowest BCUT2D eigenvalue weighted by atomic mass is 9.77. The summed E-state index contributed by atoms with van der Waals surface area (Å²) in [4.78, 5) is 71.4. The number of aromatic nitrogens is 1. The summed E-state index contributed by atoms with van der Waals surface area (Å²) in [6.45, 7) is 13.6. The number of hydrogen-bond donors (Lipinski definition) is 2. The first-order valence-electron chi connectivity index (χ1n) is 19.0. The van der Waals surface area contributed by atoms with Gasteiger partial charge in [0.05, 0.1) is 35.7 Å². The number of carbonyl (C=O) groups is 5. The third-order valence-electron chi connectivity index (χ3n) is 11.8. The van der Waals surface area contributed by atoms with Crippen molar-refractivity contribution in [3.05, 3.63) is 54.3 Å². The van der Waals surface area contributed by atoms with Crippen molar-refractivity contribution in [2.75, 3.05) is 13.2 Å². The van der Waals surface area contributed by atoms with Crippen molar-refractivity contribution in [1.82, 2.24) is 19.5 Å². The number of amides is 3. The fraction of sp³-hybridized carbons (Fsp3) is 0.585. The quantitative estimate of drug-likeness (QED) is 0.292. The molecule has 2 saturated carbocycles. The molecule has 2 aromatic rings. The van der Waals surface area contributed by atoms with Crippen LogP contribution in [-0.2, 0) is 41.0 Å². The first kappa shape index (κ1) is 39.4. The van der Waals surface area contributed by atoms with E-state index in [0.29, 0.717) is 18.5 Å². The van der Waals surface area contributed by atoms with Crippen molar-refractivity contribution in [1.29, 1.82) is 0 Å². The number of allylic oxidation sites excluding steroid dienone is 2. The van der Waals surface area contributed by atoms with Crippen LogP contribution in [0.25, 0.3) is 17.0 Å². The Balaban J connectivity index is 1.34. The van der Waals surface area contributed by atoms with Gasteiger partial charge in [0, 0.05) is 37.0 Å². The van der Waals surface area contributed by atoms with Gasteiger partial charge < -0.3 is 19.5 Å². The van der Waals surface area contributed by atoms with E-state index in [1.807, 2.05) is 76.6 Å². The summed E-state index contributed by atoms with van der Waals surface area (Å²) >= 11 is 0. The number of nitrogens with one attached hydrogen (secondary N) is 2. The number of Topliss-reactive ketones (excluding diaryl/α,β-unsaturated/α-hetero) is 1. The van der Waals surface area contributed by atoms with Crippen LogP contribution < -0.4 is 10.0 Å². The zero-order valence-electron chi connectivity index (χ0n) is 32.3. The maximum Gasteiger partial charge on any atom is 0.306 e. The van der Waals surface area contributed by atoms with Crippen molar-refractivity contribution in [3.8, 4) is 0 Å². The molecular formula is C41H54N4O8S. The largest absolute Gasteiger partial charge is 0.465 e. The number of ether oxygens (including phenoxy) is 1. The summed E-state index contributed by atoms with van der Waals surface area (Å²) in [6.07, 6.45) is 7.95. The van der Waals surface area contributed by atoms with Gasteiger partial charge in [-0.05, 0) is 73.0 Å². The number of ketones is 1. The molecule has 1 aromatic carbocycles. The van der Waals surface area contributed by atoms with Gasteiger partial charge in [-0.2, -0.15) is 0 Å². The maximum absolute atomic E-state index is 14.6. The van der Waals surface area contributed by atoms with Crippen LogP contribution in [0.2, 0.25) is 0 Å². The fourth-order valence-electron chi connectivity index (χ4n) is 8.03. The third kappa shape index (κ3) is 8.06. The second-order valence-electron chi connectivity index (χ2n) is 17.7. The smallest absolute Gasteiger partial charge is 0.306 e. The number of cyclic esters (lactones) is 1. The average Bonchev–Trinajstić information content (AvgIpc) is 4.00. The third-order valence-corrected chi connectivity index (χ3v) is 13.6. The monoisotopic (exact) mass is 762 g/mol. The molecule has 54 heavy (non-hydrogen) atoms. The number of esters is 1. The van der Waals surface area contributed by atoms with Crippen LogP contribution in [0.5, 0.6) is 0 Å². The molecule has 0 unspecified atom stereocenters. The Hall–Kier alpha value is -4.26. The Morgan fingerprint density at radius 3 is 2.52 bits per heavy atom. The number of nitrogens with zero attached hydrogens (tertiary/aromatic N) is 2. The molecule has 13 heteroatoms. The number of sulfonamides is 1. The lowest BCUT2D eigenvalue weighted by Crippen LogP contribution is -2.49. The highest BCUT2D eigenvalue weighted by molar-refractivity contribution is 7.90. The van der Waals surface area contributed by atoms with E-state index in [1.165, 1.54) is 4.90 Å². The number of fused-ring (bicyclic) bond motifs is 3. The van der Waals surface area contributed by atoms with Gasteiger partial charge in [0.25, 0.3) is 5.91 Å². The lowest BCUT2D eigenvalue weighted by molar-refractivity contribution is -0.155. The van der Waals surface area contributed by atoms with E-state index in [-0.39, 0.29) is 50.2 Å². The molecular weight excluding hydrogens is 709 g/mol. The van der Waals surface area contributed by atoms with Crippen LogP contribution >= 0.6 is 0 Å². The molecule has 0 radical (unpaired) electrons. The van der Waals surface area contributed by atoms with E-state index in [0.717, 1.165) is 29.3 Å². The Morgan fingerprint density at radius 1 is 1.15 bits per heavy atom. The Labute approximate surface area is 318 Å². The predicted octanol–water partition coefficient (Wildman–Crippen LogP) is 5.07. The van der Waals surface area contributed by atoms with Crippen LogP contribution in [0.4, 0.5) is 0 Å². The van der Waals surface area contributed by atoms with Gasteiger partial charge in [-0.1, -0.05) is 65.0 Å². The van der Waals surface area contributed by atoms with Crippen molar-refractivity contribution in [3.63, 3.8) is 0 Å². The van der Waals surface area contributed by atoms with Crippen molar-refractivity contribution in [2.45, 2.75) is 103 Å². The molecule has 3 fully saturated rings. The molecule has 2 aliphatic carbocycles. The molecule has 5 atom stereocenters. The van der Waals surface area contributed by atoms with Crippen LogP contribution in [0, 0.1) is 28.1 Å². The minimum atomic E-state index is -3.87. The Morgan fingerprint density at radius 2 is 1.87 bits per heavy atom. The van der Waals surface area contributed by atoms with Crippen molar-refractivity contribution >= 4 is 56.5 Å². The first-order chi connectivity index (χ1) is 25.3. The fourth-order valence-corrected chi connectivity index (χ4v) is 9.41. The number of hydrogen-bond acceptors (Lipinski definition) is 8. The molecule has 3 amide bonds. The molecule has 3 heterocycles. The van der Waals surface area contributed by atoms with Crippen molar-refractivity contribution in [2.24, 2.45) is 35.1 Å². The molecule has 12 nitrogen and oxygen atoms in total. The summed E-state index contributed by atoms with van der Waals surface area (Å²) in [5.74, 6) is -3.73. The lowest BCUT2D eigenvalue weighted by Gasteiger charge is -2.35. The number of aryl methyl sites for hydroxylation is 1.